The Morgan fingerprint density at radius 3 is 2.44 bits per heavy atom. The first kappa shape index (κ1) is 14.0. The van der Waals surface area contributed by atoms with E-state index < -0.39 is 4.92 Å². The van der Waals surface area contributed by atoms with Gasteiger partial charge in [-0.3, -0.25) is 14.9 Å². The summed E-state index contributed by atoms with van der Waals surface area (Å²) in [5.41, 5.74) is 0.693. The summed E-state index contributed by atoms with van der Waals surface area (Å²) >= 11 is 0. The molecule has 0 unspecified atom stereocenters. The van der Waals surface area contributed by atoms with E-state index in [1.165, 1.54) is 6.07 Å². The third-order valence-electron chi connectivity index (χ3n) is 2.34. The third-order valence-corrected chi connectivity index (χ3v) is 2.34. The lowest BCUT2D eigenvalue weighted by Gasteiger charge is -2.14. The van der Waals surface area contributed by atoms with Gasteiger partial charge in [-0.1, -0.05) is 0 Å². The molecule has 0 aliphatic rings. The Bertz CT molecular complexity index is 470. The van der Waals surface area contributed by atoms with Crippen LogP contribution < -0.4 is 10.2 Å². The molecule has 1 aromatic rings. The summed E-state index contributed by atoms with van der Waals surface area (Å²) in [6.45, 7) is 3.67. The van der Waals surface area contributed by atoms with E-state index in [2.05, 4.69) is 5.32 Å². The van der Waals surface area contributed by atoms with Crippen LogP contribution in [0.25, 0.3) is 0 Å². The summed E-state index contributed by atoms with van der Waals surface area (Å²) in [7, 11) is 3.44. The van der Waals surface area contributed by atoms with Crippen molar-refractivity contribution in [3.8, 4) is 0 Å². The number of carbonyl (C=O) groups is 1. The molecule has 0 fully saturated rings. The lowest BCUT2D eigenvalue weighted by molar-refractivity contribution is -0.384. The highest BCUT2D eigenvalue weighted by Gasteiger charge is 2.18. The molecule has 1 N–H and O–H groups in total. The Balaban J connectivity index is 3.15. The molecule has 0 radical (unpaired) electrons. The van der Waals surface area contributed by atoms with Crippen molar-refractivity contribution in [1.29, 1.82) is 0 Å². The van der Waals surface area contributed by atoms with Gasteiger partial charge >= 0.3 is 0 Å². The zero-order chi connectivity index (χ0) is 13.9. The molecule has 0 aromatic heterocycles. The molecule has 98 valence electrons. The molecule has 0 aliphatic carbocycles. The van der Waals surface area contributed by atoms with Gasteiger partial charge in [-0.15, -0.1) is 0 Å². The summed E-state index contributed by atoms with van der Waals surface area (Å²) in [5, 5.41) is 13.7. The maximum atomic E-state index is 11.8. The maximum absolute atomic E-state index is 11.8. The molecule has 0 heterocycles. The first-order valence-electron chi connectivity index (χ1n) is 5.59. The predicted molar refractivity (Wildman–Crippen MR) is 70.0 cm³/mol. The first-order valence-corrected chi connectivity index (χ1v) is 5.59. The number of anilines is 1. The van der Waals surface area contributed by atoms with Gasteiger partial charge in [-0.25, -0.2) is 0 Å². The number of hydrogen-bond donors (Lipinski definition) is 1. The molecule has 0 spiro atoms. The van der Waals surface area contributed by atoms with E-state index in [9.17, 15) is 14.9 Å². The van der Waals surface area contributed by atoms with Crippen LogP contribution in [0.4, 0.5) is 11.4 Å². The number of nitro groups is 1. The van der Waals surface area contributed by atoms with Crippen LogP contribution in [0.15, 0.2) is 18.2 Å². The first-order chi connectivity index (χ1) is 8.32. The summed E-state index contributed by atoms with van der Waals surface area (Å²) in [6.07, 6.45) is 0. The lowest BCUT2D eigenvalue weighted by Crippen LogP contribution is -2.30. The highest BCUT2D eigenvalue weighted by Crippen LogP contribution is 2.27. The summed E-state index contributed by atoms with van der Waals surface area (Å²) in [5.74, 6) is -0.307. The van der Waals surface area contributed by atoms with Crippen molar-refractivity contribution in [1.82, 2.24) is 5.32 Å². The van der Waals surface area contributed by atoms with E-state index in [1.807, 2.05) is 13.8 Å². The summed E-state index contributed by atoms with van der Waals surface area (Å²) in [4.78, 5) is 23.9. The second-order valence-electron chi connectivity index (χ2n) is 4.48. The van der Waals surface area contributed by atoms with Gasteiger partial charge in [0.15, 0.2) is 0 Å². The molecule has 0 atom stereocenters. The number of nitrogens with one attached hydrogen (secondary N) is 1. The Morgan fingerprint density at radius 2 is 2.00 bits per heavy atom. The van der Waals surface area contributed by atoms with Crippen molar-refractivity contribution in [2.24, 2.45) is 0 Å². The molecule has 6 heteroatoms. The van der Waals surface area contributed by atoms with Crippen LogP contribution in [-0.2, 0) is 0 Å². The highest BCUT2D eigenvalue weighted by atomic mass is 16.6. The molecule has 1 amide bonds. The smallest absolute Gasteiger partial charge is 0.293 e. The molecule has 0 saturated heterocycles. The molecular formula is C12H17N3O3. The zero-order valence-corrected chi connectivity index (χ0v) is 10.9. The van der Waals surface area contributed by atoms with E-state index in [0.29, 0.717) is 11.3 Å². The van der Waals surface area contributed by atoms with Crippen molar-refractivity contribution in [2.45, 2.75) is 19.9 Å². The van der Waals surface area contributed by atoms with Gasteiger partial charge in [0.2, 0.25) is 0 Å². The van der Waals surface area contributed by atoms with Crippen molar-refractivity contribution in [3.63, 3.8) is 0 Å². The number of benzene rings is 1. The minimum absolute atomic E-state index is 0.00918. The Morgan fingerprint density at radius 1 is 1.39 bits per heavy atom. The zero-order valence-electron chi connectivity index (χ0n) is 10.9. The maximum Gasteiger partial charge on any atom is 0.293 e. The van der Waals surface area contributed by atoms with Gasteiger partial charge in [0.25, 0.3) is 11.6 Å². The largest absolute Gasteiger partial charge is 0.372 e. The van der Waals surface area contributed by atoms with Crippen LogP contribution in [0.1, 0.15) is 24.2 Å². The van der Waals surface area contributed by atoms with Crippen molar-refractivity contribution in [2.75, 3.05) is 19.0 Å². The number of carbonyl (C=O) groups excluding carboxylic acids is 1. The minimum Gasteiger partial charge on any atom is -0.372 e. The molecule has 1 aromatic carbocycles. The van der Waals surface area contributed by atoms with Gasteiger partial charge in [0.05, 0.1) is 4.92 Å². The topological polar surface area (TPSA) is 75.5 Å². The minimum atomic E-state index is -0.485. The average molecular weight is 251 g/mol. The molecule has 0 saturated carbocycles. The number of amides is 1. The second kappa shape index (κ2) is 5.48. The Hall–Kier alpha value is -2.11. The van der Waals surface area contributed by atoms with E-state index in [-0.39, 0.29) is 17.6 Å². The highest BCUT2D eigenvalue weighted by molar-refractivity contribution is 5.95. The van der Waals surface area contributed by atoms with Gasteiger partial charge < -0.3 is 10.2 Å². The fourth-order valence-corrected chi connectivity index (χ4v) is 1.53. The van der Waals surface area contributed by atoms with E-state index in [0.717, 1.165) is 0 Å². The van der Waals surface area contributed by atoms with E-state index in [4.69, 9.17) is 0 Å². The molecular weight excluding hydrogens is 234 g/mol. The quantitative estimate of drug-likeness (QED) is 0.654. The van der Waals surface area contributed by atoms with Gasteiger partial charge in [0, 0.05) is 31.8 Å². The molecule has 6 nitrogen and oxygen atoms in total. The molecule has 18 heavy (non-hydrogen) atoms. The normalized spacial score (nSPS) is 10.3. The van der Waals surface area contributed by atoms with Crippen LogP contribution >= 0.6 is 0 Å². The van der Waals surface area contributed by atoms with Crippen molar-refractivity contribution in [3.05, 3.63) is 33.9 Å². The summed E-state index contributed by atoms with van der Waals surface area (Å²) in [6, 6.07) is 4.45. The molecule has 0 bridgehead atoms. The van der Waals surface area contributed by atoms with Crippen molar-refractivity contribution >= 4 is 17.3 Å². The number of nitrogens with zero attached hydrogens (tertiary/aromatic N) is 2. The fraction of sp³-hybridized carbons (Fsp3) is 0.417. The van der Waals surface area contributed by atoms with Crippen LogP contribution in [0.5, 0.6) is 0 Å². The SMILES string of the molecule is CC(C)NC(=O)c1ccc(N(C)C)c([N+](=O)[O-])c1. The van der Waals surface area contributed by atoms with E-state index in [1.54, 1.807) is 31.1 Å². The van der Waals surface area contributed by atoms with Crippen molar-refractivity contribution < 1.29 is 9.72 Å². The Labute approximate surface area is 106 Å². The molecule has 1 rings (SSSR count). The number of hydrogen-bond acceptors (Lipinski definition) is 4. The van der Waals surface area contributed by atoms with Gasteiger partial charge in [-0.05, 0) is 26.0 Å². The average Bonchev–Trinajstić information content (AvgIpc) is 2.26. The van der Waals surface area contributed by atoms with Crippen LogP contribution in [0.2, 0.25) is 0 Å². The summed E-state index contributed by atoms with van der Waals surface area (Å²) < 4.78 is 0. The second-order valence-corrected chi connectivity index (χ2v) is 4.48. The lowest BCUT2D eigenvalue weighted by atomic mass is 10.1. The van der Waals surface area contributed by atoms with E-state index >= 15 is 0 Å². The van der Waals surface area contributed by atoms with Crippen LogP contribution in [0, 0.1) is 10.1 Å². The van der Waals surface area contributed by atoms with Crippen LogP contribution in [0.3, 0.4) is 0 Å². The van der Waals surface area contributed by atoms with Gasteiger partial charge in [0.1, 0.15) is 5.69 Å². The Kier molecular flexibility index (Phi) is 4.25. The van der Waals surface area contributed by atoms with Gasteiger partial charge in [-0.2, -0.15) is 0 Å². The number of rotatable bonds is 4. The monoisotopic (exact) mass is 251 g/mol. The fourth-order valence-electron chi connectivity index (χ4n) is 1.53. The predicted octanol–water partition coefficient (Wildman–Crippen LogP) is 1.80. The molecule has 0 aliphatic heterocycles. The van der Waals surface area contributed by atoms with Crippen LogP contribution in [-0.4, -0.2) is 31.0 Å². The third kappa shape index (κ3) is 3.19. The number of nitro benzene ring substituents is 1. The standard InChI is InChI=1S/C12H17N3O3/c1-8(2)13-12(16)9-5-6-10(14(3)4)11(7-9)15(17)18/h5-8H,1-4H3,(H,13,16).